The van der Waals surface area contributed by atoms with Crippen LogP contribution < -0.4 is 10.1 Å². The molecule has 0 atom stereocenters. The second kappa shape index (κ2) is 8.05. The maximum Gasteiger partial charge on any atom is 0.135 e. The Hall–Kier alpha value is -1.50. The summed E-state index contributed by atoms with van der Waals surface area (Å²) in [4.78, 5) is 0. The zero-order valence-corrected chi connectivity index (χ0v) is 16.1. The molecule has 1 aromatic heterocycles. The van der Waals surface area contributed by atoms with Gasteiger partial charge in [-0.3, -0.25) is 0 Å². The normalized spacial score (nSPS) is 10.8. The van der Waals surface area contributed by atoms with Gasteiger partial charge in [-0.1, -0.05) is 29.8 Å². The standard InChI is InChI=1S/C19H17ClINO2/c1-23-18-5-3-2-4-13(18)11-22-12-15-7-9-19(24-15)16-8-6-14(21)10-17(16)20/h2-10,22H,11-12H2,1H3. The van der Waals surface area contributed by atoms with E-state index in [2.05, 4.69) is 27.9 Å². The first kappa shape index (κ1) is 17.3. The van der Waals surface area contributed by atoms with Crippen LogP contribution in [0.5, 0.6) is 5.75 Å². The predicted molar refractivity (Wildman–Crippen MR) is 105 cm³/mol. The van der Waals surface area contributed by atoms with E-state index in [1.165, 1.54) is 0 Å². The number of halogens is 2. The SMILES string of the molecule is COc1ccccc1CNCc1ccc(-c2ccc(I)cc2Cl)o1. The van der Waals surface area contributed by atoms with Gasteiger partial charge in [0.05, 0.1) is 18.7 Å². The van der Waals surface area contributed by atoms with Crippen LogP contribution in [0.4, 0.5) is 0 Å². The maximum atomic E-state index is 6.30. The summed E-state index contributed by atoms with van der Waals surface area (Å²) in [5.74, 6) is 2.54. The molecule has 24 heavy (non-hydrogen) atoms. The molecular formula is C19H17ClINO2. The molecule has 0 aliphatic heterocycles. The Morgan fingerprint density at radius 3 is 2.71 bits per heavy atom. The molecule has 1 heterocycles. The van der Waals surface area contributed by atoms with Gasteiger partial charge in [0, 0.05) is 21.2 Å². The van der Waals surface area contributed by atoms with Gasteiger partial charge >= 0.3 is 0 Å². The molecule has 0 aliphatic rings. The first-order valence-corrected chi connectivity index (χ1v) is 9.00. The van der Waals surface area contributed by atoms with Crippen LogP contribution >= 0.6 is 34.2 Å². The maximum absolute atomic E-state index is 6.30. The first-order chi connectivity index (χ1) is 11.7. The van der Waals surface area contributed by atoms with Crippen molar-refractivity contribution in [3.63, 3.8) is 0 Å². The molecule has 5 heteroatoms. The number of hydrogen-bond donors (Lipinski definition) is 1. The highest BCUT2D eigenvalue weighted by Gasteiger charge is 2.09. The molecule has 0 radical (unpaired) electrons. The Labute approximate surface area is 160 Å². The summed E-state index contributed by atoms with van der Waals surface area (Å²) in [6, 6.07) is 17.8. The largest absolute Gasteiger partial charge is 0.496 e. The number of furan rings is 1. The molecule has 0 fully saturated rings. The molecule has 0 spiro atoms. The van der Waals surface area contributed by atoms with Gasteiger partial charge in [0.1, 0.15) is 17.3 Å². The summed E-state index contributed by atoms with van der Waals surface area (Å²) in [5, 5.41) is 4.07. The van der Waals surface area contributed by atoms with E-state index in [-0.39, 0.29) is 0 Å². The van der Waals surface area contributed by atoms with Gasteiger partial charge in [-0.25, -0.2) is 0 Å². The van der Waals surface area contributed by atoms with E-state index in [4.69, 9.17) is 20.8 Å². The third kappa shape index (κ3) is 4.12. The fourth-order valence-corrected chi connectivity index (χ4v) is 3.43. The highest BCUT2D eigenvalue weighted by Crippen LogP contribution is 2.30. The van der Waals surface area contributed by atoms with Crippen molar-refractivity contribution in [1.82, 2.24) is 5.32 Å². The van der Waals surface area contributed by atoms with Crippen LogP contribution in [0.2, 0.25) is 5.02 Å². The molecule has 0 amide bonds. The van der Waals surface area contributed by atoms with Crippen LogP contribution in [-0.2, 0) is 13.1 Å². The molecule has 1 N–H and O–H groups in total. The zero-order chi connectivity index (χ0) is 16.9. The lowest BCUT2D eigenvalue weighted by Gasteiger charge is -2.08. The van der Waals surface area contributed by atoms with E-state index in [0.717, 1.165) is 32.0 Å². The van der Waals surface area contributed by atoms with Gasteiger partial charge in [-0.2, -0.15) is 0 Å². The highest BCUT2D eigenvalue weighted by atomic mass is 127. The third-order valence-electron chi connectivity index (χ3n) is 3.67. The minimum atomic E-state index is 0.639. The highest BCUT2D eigenvalue weighted by molar-refractivity contribution is 14.1. The zero-order valence-electron chi connectivity index (χ0n) is 13.2. The van der Waals surface area contributed by atoms with Gasteiger partial charge in [-0.15, -0.1) is 0 Å². The molecule has 2 aromatic carbocycles. The topological polar surface area (TPSA) is 34.4 Å². The summed E-state index contributed by atoms with van der Waals surface area (Å²) in [5.41, 5.74) is 2.03. The average molecular weight is 454 g/mol. The number of ether oxygens (including phenoxy) is 1. The smallest absolute Gasteiger partial charge is 0.135 e. The van der Waals surface area contributed by atoms with Crippen molar-refractivity contribution in [1.29, 1.82) is 0 Å². The van der Waals surface area contributed by atoms with Crippen molar-refractivity contribution in [3.05, 3.63) is 74.5 Å². The molecule has 0 saturated carbocycles. The van der Waals surface area contributed by atoms with Crippen molar-refractivity contribution in [3.8, 4) is 17.1 Å². The van der Waals surface area contributed by atoms with E-state index in [9.17, 15) is 0 Å². The summed E-state index contributed by atoms with van der Waals surface area (Å²) in [6.45, 7) is 1.35. The molecule has 3 rings (SSSR count). The minimum Gasteiger partial charge on any atom is -0.496 e. The van der Waals surface area contributed by atoms with Crippen molar-refractivity contribution in [2.75, 3.05) is 7.11 Å². The monoisotopic (exact) mass is 453 g/mol. The van der Waals surface area contributed by atoms with Crippen LogP contribution in [-0.4, -0.2) is 7.11 Å². The number of rotatable bonds is 6. The van der Waals surface area contributed by atoms with Crippen LogP contribution in [0.1, 0.15) is 11.3 Å². The number of methoxy groups -OCH3 is 1. The van der Waals surface area contributed by atoms with Gasteiger partial charge in [0.2, 0.25) is 0 Å². The van der Waals surface area contributed by atoms with Crippen LogP contribution in [0.15, 0.2) is 59.0 Å². The first-order valence-electron chi connectivity index (χ1n) is 7.54. The summed E-state index contributed by atoms with van der Waals surface area (Å²) in [7, 11) is 1.68. The lowest BCUT2D eigenvalue weighted by molar-refractivity contribution is 0.406. The van der Waals surface area contributed by atoms with E-state index in [0.29, 0.717) is 18.1 Å². The molecule has 3 nitrogen and oxygen atoms in total. The number of nitrogens with one attached hydrogen (secondary N) is 1. The minimum absolute atomic E-state index is 0.639. The molecule has 0 aliphatic carbocycles. The Morgan fingerprint density at radius 2 is 1.92 bits per heavy atom. The van der Waals surface area contributed by atoms with Crippen molar-refractivity contribution >= 4 is 34.2 Å². The fourth-order valence-electron chi connectivity index (χ4n) is 2.48. The fraction of sp³-hybridized carbons (Fsp3) is 0.158. The lowest BCUT2D eigenvalue weighted by atomic mass is 10.2. The van der Waals surface area contributed by atoms with Gasteiger partial charge in [0.25, 0.3) is 0 Å². The second-order valence-corrected chi connectivity index (χ2v) is 6.96. The van der Waals surface area contributed by atoms with Gasteiger partial charge < -0.3 is 14.5 Å². The quantitative estimate of drug-likeness (QED) is 0.500. The third-order valence-corrected chi connectivity index (χ3v) is 4.65. The number of para-hydroxylation sites is 1. The van der Waals surface area contributed by atoms with E-state index in [1.807, 2.05) is 54.6 Å². The van der Waals surface area contributed by atoms with Crippen LogP contribution in [0, 0.1) is 3.57 Å². The Balaban J connectivity index is 1.64. The van der Waals surface area contributed by atoms with Gasteiger partial charge in [0.15, 0.2) is 0 Å². The Kier molecular flexibility index (Phi) is 5.81. The van der Waals surface area contributed by atoms with E-state index in [1.54, 1.807) is 7.11 Å². The molecule has 124 valence electrons. The number of benzene rings is 2. The molecule has 3 aromatic rings. The average Bonchev–Trinajstić information content (AvgIpc) is 3.04. The molecular weight excluding hydrogens is 437 g/mol. The van der Waals surface area contributed by atoms with Crippen molar-refractivity contribution in [2.24, 2.45) is 0 Å². The summed E-state index contributed by atoms with van der Waals surface area (Å²) < 4.78 is 12.4. The van der Waals surface area contributed by atoms with Crippen LogP contribution in [0.25, 0.3) is 11.3 Å². The van der Waals surface area contributed by atoms with Crippen molar-refractivity contribution < 1.29 is 9.15 Å². The molecule has 0 bridgehead atoms. The van der Waals surface area contributed by atoms with Gasteiger partial charge in [-0.05, 0) is 59.0 Å². The Morgan fingerprint density at radius 1 is 1.08 bits per heavy atom. The van der Waals surface area contributed by atoms with Crippen molar-refractivity contribution in [2.45, 2.75) is 13.1 Å². The van der Waals surface area contributed by atoms with E-state index >= 15 is 0 Å². The second-order valence-electron chi connectivity index (χ2n) is 5.31. The number of hydrogen-bond acceptors (Lipinski definition) is 3. The summed E-state index contributed by atoms with van der Waals surface area (Å²) in [6.07, 6.45) is 0. The molecule has 0 saturated heterocycles. The Bertz CT molecular complexity index is 832. The summed E-state index contributed by atoms with van der Waals surface area (Å²) >= 11 is 8.54. The van der Waals surface area contributed by atoms with E-state index < -0.39 is 0 Å². The lowest BCUT2D eigenvalue weighted by Crippen LogP contribution is -2.12. The van der Waals surface area contributed by atoms with Crippen LogP contribution in [0.3, 0.4) is 0 Å². The molecule has 0 unspecified atom stereocenters. The predicted octanol–water partition coefficient (Wildman–Crippen LogP) is 5.50.